The van der Waals surface area contributed by atoms with Gasteiger partial charge in [0.2, 0.25) is 0 Å². The molecule has 26 heavy (non-hydrogen) atoms. The van der Waals surface area contributed by atoms with E-state index in [0.717, 1.165) is 42.9 Å². The van der Waals surface area contributed by atoms with Gasteiger partial charge >= 0.3 is 0 Å². The maximum absolute atomic E-state index is 13.9. The molecule has 0 radical (unpaired) electrons. The van der Waals surface area contributed by atoms with Gasteiger partial charge in [0.25, 0.3) is 0 Å². The second kappa shape index (κ2) is 5.98. The van der Waals surface area contributed by atoms with Gasteiger partial charge < -0.3 is 4.90 Å². The molecule has 0 amide bonds. The molecule has 2 aromatic rings. The highest BCUT2D eigenvalue weighted by Gasteiger charge is 2.53. The molecule has 0 saturated carbocycles. The van der Waals surface area contributed by atoms with Crippen molar-refractivity contribution in [2.75, 3.05) is 24.5 Å². The Morgan fingerprint density at radius 1 is 1.04 bits per heavy atom. The number of benzene rings is 1. The zero-order chi connectivity index (χ0) is 17.8. The van der Waals surface area contributed by atoms with Gasteiger partial charge in [0, 0.05) is 36.8 Å². The summed E-state index contributed by atoms with van der Waals surface area (Å²) in [6, 6.07) is 6.55. The molecule has 6 heteroatoms. The maximum atomic E-state index is 13.9. The van der Waals surface area contributed by atoms with E-state index in [1.54, 1.807) is 6.20 Å². The van der Waals surface area contributed by atoms with Crippen molar-refractivity contribution in [3.63, 3.8) is 0 Å². The number of nitrogens with zero attached hydrogens (tertiary/aromatic N) is 4. The molecule has 0 unspecified atom stereocenters. The number of rotatable bonds is 2. The summed E-state index contributed by atoms with van der Waals surface area (Å²) in [6.45, 7) is 4.79. The van der Waals surface area contributed by atoms with Gasteiger partial charge in [0.15, 0.2) is 0 Å². The van der Waals surface area contributed by atoms with Gasteiger partial charge in [-0.2, -0.15) is 0 Å². The number of halogens is 2. The van der Waals surface area contributed by atoms with Crippen LogP contribution in [0.25, 0.3) is 0 Å². The Kier molecular flexibility index (Phi) is 3.71. The Labute approximate surface area is 151 Å². The summed E-state index contributed by atoms with van der Waals surface area (Å²) in [5, 5.41) is 0. The summed E-state index contributed by atoms with van der Waals surface area (Å²) in [4.78, 5) is 13.7. The minimum absolute atomic E-state index is 0.0866. The molecule has 6 rings (SSSR count). The number of hydrogen-bond donors (Lipinski definition) is 0. The molecule has 4 saturated heterocycles. The van der Waals surface area contributed by atoms with Crippen LogP contribution in [0.3, 0.4) is 0 Å². The first kappa shape index (κ1) is 16.1. The lowest BCUT2D eigenvalue weighted by atomic mass is 9.75. The van der Waals surface area contributed by atoms with Gasteiger partial charge in [-0.3, -0.25) is 4.90 Å². The largest absolute Gasteiger partial charge is 0.351 e. The third kappa shape index (κ3) is 2.50. The van der Waals surface area contributed by atoms with E-state index in [1.165, 1.54) is 25.0 Å². The minimum atomic E-state index is -0.496. The molecular formula is C20H22F2N4. The molecule has 136 valence electrons. The van der Waals surface area contributed by atoms with Crippen molar-refractivity contribution in [2.24, 2.45) is 5.92 Å². The molecule has 1 aromatic carbocycles. The molecule has 4 aliphatic heterocycles. The van der Waals surface area contributed by atoms with Crippen molar-refractivity contribution in [3.05, 3.63) is 53.5 Å². The topological polar surface area (TPSA) is 32.3 Å². The average Bonchev–Trinajstić information content (AvgIpc) is 3.05. The van der Waals surface area contributed by atoms with Crippen LogP contribution >= 0.6 is 0 Å². The zero-order valence-electron chi connectivity index (χ0n) is 14.8. The second-order valence-corrected chi connectivity index (χ2v) is 7.78. The lowest BCUT2D eigenvalue weighted by Crippen LogP contribution is -2.60. The van der Waals surface area contributed by atoms with E-state index in [9.17, 15) is 8.78 Å². The summed E-state index contributed by atoms with van der Waals surface area (Å²) in [6.07, 6.45) is 4.17. The van der Waals surface area contributed by atoms with Crippen molar-refractivity contribution in [3.8, 4) is 0 Å². The Balaban J connectivity index is 1.58. The van der Waals surface area contributed by atoms with E-state index in [1.807, 2.05) is 13.0 Å². The van der Waals surface area contributed by atoms with Crippen molar-refractivity contribution >= 4 is 5.82 Å². The molecule has 4 nitrogen and oxygen atoms in total. The smallest absolute Gasteiger partial charge is 0.132 e. The monoisotopic (exact) mass is 356 g/mol. The Morgan fingerprint density at radius 3 is 2.46 bits per heavy atom. The maximum Gasteiger partial charge on any atom is 0.132 e. The zero-order valence-corrected chi connectivity index (χ0v) is 14.8. The van der Waals surface area contributed by atoms with E-state index in [-0.39, 0.29) is 5.92 Å². The molecule has 3 atom stereocenters. The predicted octanol–water partition coefficient (Wildman–Crippen LogP) is 3.13. The van der Waals surface area contributed by atoms with Gasteiger partial charge in [-0.05, 0) is 62.5 Å². The van der Waals surface area contributed by atoms with E-state index in [0.29, 0.717) is 18.0 Å². The quantitative estimate of drug-likeness (QED) is 0.828. The standard InChI is InChI=1S/C20H22F2N4/c1-12-23-5-2-18(24-12)26-11-17(14-8-15(21)10-16(22)9-14)20-19(26)13-3-6-25(20)7-4-13/h2,5,8-10,13,17,19-20H,3-4,6-7,11H2,1H3/t17-,19+,20+/m0/s1. The number of fused-ring (bicyclic) bond motifs is 2. The first-order valence-electron chi connectivity index (χ1n) is 9.36. The van der Waals surface area contributed by atoms with Crippen LogP contribution in [0.5, 0.6) is 0 Å². The van der Waals surface area contributed by atoms with Crippen LogP contribution in [0.15, 0.2) is 30.5 Å². The van der Waals surface area contributed by atoms with Gasteiger partial charge in [0.05, 0.1) is 0 Å². The van der Waals surface area contributed by atoms with Crippen LogP contribution < -0.4 is 4.90 Å². The molecule has 0 aliphatic carbocycles. The van der Waals surface area contributed by atoms with Crippen LogP contribution in [0.2, 0.25) is 0 Å². The average molecular weight is 356 g/mol. The molecule has 0 spiro atoms. The fourth-order valence-electron chi connectivity index (χ4n) is 5.37. The van der Waals surface area contributed by atoms with Crippen molar-refractivity contribution in [1.29, 1.82) is 0 Å². The number of hydrogen-bond acceptors (Lipinski definition) is 4. The lowest BCUT2D eigenvalue weighted by Gasteiger charge is -2.51. The Bertz CT molecular complexity index is 814. The summed E-state index contributed by atoms with van der Waals surface area (Å²) in [5.41, 5.74) is 0.762. The summed E-state index contributed by atoms with van der Waals surface area (Å²) in [7, 11) is 0. The Hall–Kier alpha value is -2.08. The second-order valence-electron chi connectivity index (χ2n) is 7.78. The highest BCUT2D eigenvalue weighted by atomic mass is 19.1. The summed E-state index contributed by atoms with van der Waals surface area (Å²) >= 11 is 0. The minimum Gasteiger partial charge on any atom is -0.351 e. The van der Waals surface area contributed by atoms with E-state index in [4.69, 9.17) is 0 Å². The van der Waals surface area contributed by atoms with Gasteiger partial charge in [-0.25, -0.2) is 18.7 Å². The van der Waals surface area contributed by atoms with Gasteiger partial charge in [-0.15, -0.1) is 0 Å². The van der Waals surface area contributed by atoms with Crippen LogP contribution in [0.1, 0.15) is 30.1 Å². The first-order chi connectivity index (χ1) is 12.6. The molecule has 5 heterocycles. The van der Waals surface area contributed by atoms with Crippen LogP contribution in [0.4, 0.5) is 14.6 Å². The van der Waals surface area contributed by atoms with E-state index < -0.39 is 11.6 Å². The van der Waals surface area contributed by atoms with Gasteiger partial charge in [-0.1, -0.05) is 0 Å². The number of aromatic nitrogens is 2. The fourth-order valence-corrected chi connectivity index (χ4v) is 5.37. The molecule has 2 bridgehead atoms. The Morgan fingerprint density at radius 2 is 1.77 bits per heavy atom. The number of piperidine rings is 3. The predicted molar refractivity (Wildman–Crippen MR) is 95.1 cm³/mol. The fraction of sp³-hybridized carbons (Fsp3) is 0.500. The van der Waals surface area contributed by atoms with Crippen molar-refractivity contribution in [1.82, 2.24) is 14.9 Å². The lowest BCUT2D eigenvalue weighted by molar-refractivity contribution is 0.0354. The highest BCUT2D eigenvalue weighted by Crippen LogP contribution is 2.47. The highest BCUT2D eigenvalue weighted by molar-refractivity contribution is 5.46. The van der Waals surface area contributed by atoms with Crippen LogP contribution in [-0.4, -0.2) is 46.6 Å². The third-order valence-electron chi connectivity index (χ3n) is 6.36. The van der Waals surface area contributed by atoms with E-state index in [2.05, 4.69) is 19.8 Å². The summed E-state index contributed by atoms with van der Waals surface area (Å²) in [5.74, 6) is 1.39. The van der Waals surface area contributed by atoms with Crippen LogP contribution in [0, 0.1) is 24.5 Å². The number of anilines is 1. The van der Waals surface area contributed by atoms with E-state index >= 15 is 0 Å². The number of aryl methyl sites for hydroxylation is 1. The third-order valence-corrected chi connectivity index (χ3v) is 6.36. The SMILES string of the molecule is Cc1nccc(N2C[C@@H](c3cc(F)cc(F)c3)[C@@H]3[C@H]2C2CCN3CC2)n1. The molecule has 0 N–H and O–H groups in total. The molecular weight excluding hydrogens is 334 g/mol. The first-order valence-corrected chi connectivity index (χ1v) is 9.36. The van der Waals surface area contributed by atoms with Gasteiger partial charge in [0.1, 0.15) is 23.3 Å². The van der Waals surface area contributed by atoms with Crippen LogP contribution in [-0.2, 0) is 0 Å². The molecule has 4 aliphatic rings. The van der Waals surface area contributed by atoms with Crippen molar-refractivity contribution in [2.45, 2.75) is 37.8 Å². The summed E-state index contributed by atoms with van der Waals surface area (Å²) < 4.78 is 27.8. The molecule has 4 fully saturated rings. The normalized spacial score (nSPS) is 32.7. The van der Waals surface area contributed by atoms with Crippen molar-refractivity contribution < 1.29 is 8.78 Å². The molecule has 1 aromatic heterocycles.